The van der Waals surface area contributed by atoms with Gasteiger partial charge in [0.2, 0.25) is 0 Å². The molecule has 4 unspecified atom stereocenters. The predicted octanol–water partition coefficient (Wildman–Crippen LogP) is 11.1. The SMILES string of the molecule is CCCC(CCCC(CCCCCCCCCC(=O)[O-])OCc1ccccc1)OC(C)=O.CCCC(CCCC(CCCCCCCCCC(=O)[O-])OCc1ccccc1)OC(C)=O.[Ba+2]. The summed E-state index contributed by atoms with van der Waals surface area (Å²) >= 11 is 0. The molecular weight excluding hydrogens is 946 g/mol. The second kappa shape index (κ2) is 44.3. The molecule has 0 spiro atoms. The number of unbranched alkanes of at least 4 members (excludes halogenated alkanes) is 12. The third-order valence-electron chi connectivity index (χ3n) is 11.5. The number of carboxylic acids is 2. The molecule has 0 saturated carbocycles. The molecule has 364 valence electrons. The van der Waals surface area contributed by atoms with Gasteiger partial charge in [0, 0.05) is 25.8 Å². The monoisotopic (exact) mass is 1030 g/mol. The van der Waals surface area contributed by atoms with Crippen LogP contribution in [0.4, 0.5) is 0 Å². The first-order valence-corrected chi connectivity index (χ1v) is 25.1. The van der Waals surface area contributed by atoms with E-state index in [-0.39, 0.29) is 98.1 Å². The van der Waals surface area contributed by atoms with Crippen LogP contribution in [0.2, 0.25) is 0 Å². The first-order chi connectivity index (χ1) is 31.0. The topological polar surface area (TPSA) is 151 Å². The molecule has 0 bridgehead atoms. The molecule has 4 atom stereocenters. The normalized spacial score (nSPS) is 12.7. The summed E-state index contributed by atoms with van der Waals surface area (Å²) in [5, 5.41) is 20.9. The van der Waals surface area contributed by atoms with Crippen LogP contribution in [0.3, 0.4) is 0 Å². The van der Waals surface area contributed by atoms with Gasteiger partial charge in [-0.3, -0.25) is 9.59 Å². The summed E-state index contributed by atoms with van der Waals surface area (Å²) in [6, 6.07) is 20.6. The number of esters is 2. The Balaban J connectivity index is 0.00000124. The molecule has 2 rings (SSSR count). The minimum absolute atomic E-state index is 0. The predicted molar refractivity (Wildman–Crippen MR) is 258 cm³/mol. The summed E-state index contributed by atoms with van der Waals surface area (Å²) in [5.41, 5.74) is 2.38. The summed E-state index contributed by atoms with van der Waals surface area (Å²) in [5.74, 6) is -2.28. The van der Waals surface area contributed by atoms with Gasteiger partial charge in [-0.15, -0.1) is 0 Å². The van der Waals surface area contributed by atoms with E-state index in [2.05, 4.69) is 38.1 Å². The number of carbonyl (C=O) groups excluding carboxylic acids is 4. The number of carboxylic acid groups (broad SMARTS) is 2. The largest absolute Gasteiger partial charge is 2.00 e. The standard InChI is InChI=1S/2C27H44O5.Ba/c2*1-3-15-26(32-23(2)28)20-14-19-25(31-22-24-16-10-9-11-17-24)18-12-7-5-4-6-8-13-21-27(29)30;/h2*9-11,16-17,25-26H,3-8,12-15,18-22H2,1-2H3,(H,29,30);/q;;+2/p-2. The van der Waals surface area contributed by atoms with Crippen LogP contribution in [0.1, 0.15) is 219 Å². The van der Waals surface area contributed by atoms with E-state index in [0.29, 0.717) is 13.2 Å². The fourth-order valence-electron chi connectivity index (χ4n) is 8.03. The zero-order valence-electron chi connectivity index (χ0n) is 41.1. The molecule has 2 aromatic rings. The third-order valence-corrected chi connectivity index (χ3v) is 11.5. The molecule has 11 heteroatoms. The Morgan fingerprint density at radius 3 is 1.02 bits per heavy atom. The van der Waals surface area contributed by atoms with Gasteiger partial charge < -0.3 is 38.7 Å². The van der Waals surface area contributed by atoms with Crippen molar-refractivity contribution in [1.82, 2.24) is 0 Å². The summed E-state index contributed by atoms with van der Waals surface area (Å²) in [6.45, 7) is 8.46. The summed E-state index contributed by atoms with van der Waals surface area (Å²) in [7, 11) is 0. The first kappa shape index (κ1) is 62.8. The van der Waals surface area contributed by atoms with E-state index >= 15 is 0 Å². The second-order valence-corrected chi connectivity index (χ2v) is 17.5. The molecular formula is C54H86BaO10. The Bertz CT molecular complexity index is 1320. The van der Waals surface area contributed by atoms with Crippen molar-refractivity contribution in [1.29, 1.82) is 0 Å². The molecule has 10 nitrogen and oxygen atoms in total. The van der Waals surface area contributed by atoms with Crippen LogP contribution in [-0.4, -0.2) is 97.2 Å². The Hall–Kier alpha value is -2.19. The Morgan fingerprint density at radius 1 is 0.415 bits per heavy atom. The van der Waals surface area contributed by atoms with Crippen LogP contribution >= 0.6 is 0 Å². The van der Waals surface area contributed by atoms with Crippen molar-refractivity contribution in [3.8, 4) is 0 Å². The maximum Gasteiger partial charge on any atom is 2.00 e. The number of hydrogen-bond acceptors (Lipinski definition) is 10. The van der Waals surface area contributed by atoms with E-state index in [4.69, 9.17) is 18.9 Å². The molecule has 0 heterocycles. The minimum Gasteiger partial charge on any atom is -0.550 e. The van der Waals surface area contributed by atoms with E-state index in [0.717, 1.165) is 141 Å². The van der Waals surface area contributed by atoms with Crippen molar-refractivity contribution in [2.75, 3.05) is 0 Å². The van der Waals surface area contributed by atoms with Crippen molar-refractivity contribution >= 4 is 72.8 Å². The van der Waals surface area contributed by atoms with Crippen molar-refractivity contribution < 1.29 is 48.3 Å². The van der Waals surface area contributed by atoms with Crippen molar-refractivity contribution in [2.24, 2.45) is 0 Å². The van der Waals surface area contributed by atoms with Crippen LogP contribution in [0.5, 0.6) is 0 Å². The molecule has 2 aromatic carbocycles. The van der Waals surface area contributed by atoms with E-state index in [9.17, 15) is 29.4 Å². The number of benzene rings is 2. The van der Waals surface area contributed by atoms with Crippen LogP contribution < -0.4 is 10.2 Å². The van der Waals surface area contributed by atoms with Gasteiger partial charge in [-0.2, -0.15) is 0 Å². The maximum atomic E-state index is 11.3. The summed E-state index contributed by atoms with van der Waals surface area (Å²) in [6.07, 6.45) is 27.4. The van der Waals surface area contributed by atoms with E-state index in [1.165, 1.54) is 50.7 Å². The molecule has 0 aliphatic heterocycles. The zero-order valence-corrected chi connectivity index (χ0v) is 45.5. The third kappa shape index (κ3) is 40.6. The zero-order chi connectivity index (χ0) is 46.9. The number of rotatable bonds is 40. The summed E-state index contributed by atoms with van der Waals surface area (Å²) < 4.78 is 23.4. The van der Waals surface area contributed by atoms with Gasteiger partial charge in [-0.1, -0.05) is 164 Å². The molecule has 0 N–H and O–H groups in total. The smallest absolute Gasteiger partial charge is 0.550 e. The van der Waals surface area contributed by atoms with Gasteiger partial charge in [0.15, 0.2) is 0 Å². The van der Waals surface area contributed by atoms with Gasteiger partial charge in [-0.25, -0.2) is 0 Å². The molecule has 0 saturated heterocycles. The molecule has 0 amide bonds. The Kier molecular flexibility index (Phi) is 42.8. The molecule has 0 aliphatic rings. The van der Waals surface area contributed by atoms with E-state index in [1.54, 1.807) is 0 Å². The van der Waals surface area contributed by atoms with Crippen LogP contribution in [0.15, 0.2) is 60.7 Å². The first-order valence-electron chi connectivity index (χ1n) is 25.1. The maximum absolute atomic E-state index is 11.3. The Morgan fingerprint density at radius 2 is 0.708 bits per heavy atom. The van der Waals surface area contributed by atoms with Crippen LogP contribution in [0, 0.1) is 0 Å². The molecule has 0 fully saturated rings. The van der Waals surface area contributed by atoms with Crippen molar-refractivity contribution in [2.45, 2.75) is 245 Å². The van der Waals surface area contributed by atoms with Crippen LogP contribution in [0.25, 0.3) is 0 Å². The quantitative estimate of drug-likeness (QED) is 0.0358. The second-order valence-electron chi connectivity index (χ2n) is 17.5. The molecule has 0 radical (unpaired) electrons. The number of hydrogen-bond donors (Lipinski definition) is 0. The minimum atomic E-state index is -0.944. The average Bonchev–Trinajstić information content (AvgIpc) is 3.26. The van der Waals surface area contributed by atoms with Crippen molar-refractivity contribution in [3.63, 3.8) is 0 Å². The number of ether oxygens (including phenoxy) is 4. The molecule has 0 aliphatic carbocycles. The van der Waals surface area contributed by atoms with Gasteiger partial charge in [0.05, 0.1) is 25.4 Å². The van der Waals surface area contributed by atoms with Crippen LogP contribution in [-0.2, 0) is 51.3 Å². The van der Waals surface area contributed by atoms with E-state index in [1.807, 2.05) is 36.4 Å². The van der Waals surface area contributed by atoms with E-state index < -0.39 is 11.9 Å². The molecule has 65 heavy (non-hydrogen) atoms. The number of carbonyl (C=O) groups is 4. The van der Waals surface area contributed by atoms with Gasteiger partial charge in [0.25, 0.3) is 0 Å². The van der Waals surface area contributed by atoms with Gasteiger partial charge >= 0.3 is 60.8 Å². The molecule has 0 aromatic heterocycles. The average molecular weight is 1030 g/mol. The summed E-state index contributed by atoms with van der Waals surface area (Å²) in [4.78, 5) is 43.5. The Labute approximate surface area is 434 Å². The number of aliphatic carboxylic acids is 2. The fraction of sp³-hybridized carbons (Fsp3) is 0.704. The fourth-order valence-corrected chi connectivity index (χ4v) is 8.03. The van der Waals surface area contributed by atoms with Gasteiger partial charge in [0.1, 0.15) is 12.2 Å². The van der Waals surface area contributed by atoms with Crippen molar-refractivity contribution in [3.05, 3.63) is 71.8 Å². The van der Waals surface area contributed by atoms with Gasteiger partial charge in [-0.05, 0) is 101 Å².